The first kappa shape index (κ1) is 32.4. The monoisotopic (exact) mass is 738 g/mol. The Morgan fingerprint density at radius 3 is 1.71 bits per heavy atom. The Hall–Kier alpha value is -7.82. The highest BCUT2D eigenvalue weighted by molar-refractivity contribution is 6.12. The highest BCUT2D eigenvalue weighted by Crippen LogP contribution is 2.39. The molecule has 0 bridgehead atoms. The molecular weight excluding hydrogens is 705 g/mol. The van der Waals surface area contributed by atoms with E-state index in [4.69, 9.17) is 9.97 Å². The van der Waals surface area contributed by atoms with Crippen LogP contribution < -0.4 is 0 Å². The predicted molar refractivity (Wildman–Crippen MR) is 242 cm³/mol. The van der Waals surface area contributed by atoms with Crippen LogP contribution in [0.15, 0.2) is 206 Å². The molecule has 0 saturated carbocycles. The topological polar surface area (TPSA) is 35.6 Å². The van der Waals surface area contributed by atoms with E-state index in [0.717, 1.165) is 50.0 Å². The van der Waals surface area contributed by atoms with Gasteiger partial charge in [-0.25, -0.2) is 9.97 Å². The zero-order chi connectivity index (χ0) is 38.2. The van der Waals surface area contributed by atoms with E-state index in [0.29, 0.717) is 5.95 Å². The summed E-state index contributed by atoms with van der Waals surface area (Å²) in [6.45, 7) is 0. The summed E-state index contributed by atoms with van der Waals surface area (Å²) in [4.78, 5) is 10.7. The molecule has 58 heavy (non-hydrogen) atoms. The molecule has 0 aliphatic heterocycles. The second-order valence-electron chi connectivity index (χ2n) is 15.0. The number of hydrogen-bond donors (Lipinski definition) is 0. The average Bonchev–Trinajstić information content (AvgIpc) is 3.81. The molecule has 3 aromatic heterocycles. The maximum atomic E-state index is 5.42. The molecule has 0 N–H and O–H groups in total. The summed E-state index contributed by atoms with van der Waals surface area (Å²) >= 11 is 0. The molecule has 0 amide bonds. The van der Waals surface area contributed by atoms with E-state index < -0.39 is 0 Å². The first-order valence-corrected chi connectivity index (χ1v) is 19.7. The molecule has 3 heterocycles. The fraction of sp³-hybridized carbons (Fsp3) is 0. The molecule has 0 unspecified atom stereocenters. The molecule has 0 aliphatic carbocycles. The van der Waals surface area contributed by atoms with E-state index in [1.165, 1.54) is 54.5 Å². The zero-order valence-corrected chi connectivity index (χ0v) is 31.4. The lowest BCUT2D eigenvalue weighted by molar-refractivity contribution is 1.01. The maximum absolute atomic E-state index is 5.42. The van der Waals surface area contributed by atoms with Crippen LogP contribution >= 0.6 is 0 Å². The van der Waals surface area contributed by atoms with Gasteiger partial charge in [-0.15, -0.1) is 0 Å². The van der Waals surface area contributed by atoms with Gasteiger partial charge in [0.15, 0.2) is 0 Å². The Bertz CT molecular complexity index is 3550. The van der Waals surface area contributed by atoms with Crippen LogP contribution in [0.5, 0.6) is 0 Å². The molecule has 0 aliphatic rings. The largest absolute Gasteiger partial charge is 0.309 e. The van der Waals surface area contributed by atoms with Gasteiger partial charge in [-0.2, -0.15) is 0 Å². The normalized spacial score (nSPS) is 11.8. The van der Waals surface area contributed by atoms with Crippen LogP contribution in [0.4, 0.5) is 0 Å². The fourth-order valence-electron chi connectivity index (χ4n) is 9.04. The molecule has 0 fully saturated rings. The molecule has 0 spiro atoms. The third-order valence-electron chi connectivity index (χ3n) is 11.7. The number of hydrogen-bond acceptors (Lipinski definition) is 2. The third-order valence-corrected chi connectivity index (χ3v) is 11.7. The molecule has 12 aromatic rings. The second-order valence-corrected chi connectivity index (χ2v) is 15.0. The Morgan fingerprint density at radius 1 is 0.310 bits per heavy atom. The van der Waals surface area contributed by atoms with Gasteiger partial charge in [0.1, 0.15) is 0 Å². The summed E-state index contributed by atoms with van der Waals surface area (Å²) in [6, 6.07) is 73.8. The number of fused-ring (bicyclic) bond motifs is 8. The summed E-state index contributed by atoms with van der Waals surface area (Å²) in [5.74, 6) is 0.650. The van der Waals surface area contributed by atoms with Crippen molar-refractivity contribution in [2.45, 2.75) is 0 Å². The summed E-state index contributed by atoms with van der Waals surface area (Å²) in [5, 5.41) is 8.31. The Kier molecular flexibility index (Phi) is 7.20. The minimum atomic E-state index is 0.650. The Balaban J connectivity index is 1.03. The van der Waals surface area contributed by atoms with Crippen molar-refractivity contribution in [3.05, 3.63) is 206 Å². The van der Waals surface area contributed by atoms with Gasteiger partial charge >= 0.3 is 0 Å². The Labute approximate surface area is 334 Å². The number of aromatic nitrogens is 4. The smallest absolute Gasteiger partial charge is 0.235 e. The lowest BCUT2D eigenvalue weighted by Crippen LogP contribution is -2.03. The van der Waals surface area contributed by atoms with Crippen LogP contribution in [0.2, 0.25) is 0 Å². The molecule has 0 radical (unpaired) electrons. The van der Waals surface area contributed by atoms with Crippen molar-refractivity contribution in [3.8, 4) is 45.1 Å². The molecule has 270 valence electrons. The predicted octanol–water partition coefficient (Wildman–Crippen LogP) is 14.0. The molecule has 4 nitrogen and oxygen atoms in total. The van der Waals surface area contributed by atoms with Crippen LogP contribution in [0, 0.1) is 0 Å². The van der Waals surface area contributed by atoms with Crippen LogP contribution in [-0.4, -0.2) is 19.1 Å². The molecule has 12 rings (SSSR count). The SMILES string of the molecule is c1ccc(-n2c3ccccc3c3cc(-c4ccc5c6ccccc6n(-c6nc(-c7ccc(-c8cccc9ccccc89)cc7)c7ccccc7n6)c5c4)ccc32)cc1. The van der Waals surface area contributed by atoms with E-state index in [1.54, 1.807) is 0 Å². The highest BCUT2D eigenvalue weighted by Gasteiger charge is 2.19. The van der Waals surface area contributed by atoms with Crippen molar-refractivity contribution >= 4 is 65.3 Å². The first-order valence-electron chi connectivity index (χ1n) is 19.7. The van der Waals surface area contributed by atoms with Gasteiger partial charge < -0.3 is 4.57 Å². The second kappa shape index (κ2) is 12.9. The summed E-state index contributed by atoms with van der Waals surface area (Å²) in [5.41, 5.74) is 13.2. The lowest BCUT2D eigenvalue weighted by atomic mass is 9.96. The van der Waals surface area contributed by atoms with Gasteiger partial charge in [-0.3, -0.25) is 4.57 Å². The van der Waals surface area contributed by atoms with Gasteiger partial charge in [-0.1, -0.05) is 158 Å². The van der Waals surface area contributed by atoms with Crippen LogP contribution in [0.1, 0.15) is 0 Å². The summed E-state index contributed by atoms with van der Waals surface area (Å²) < 4.78 is 4.61. The van der Waals surface area contributed by atoms with E-state index in [1.807, 2.05) is 0 Å². The lowest BCUT2D eigenvalue weighted by Gasteiger charge is -2.13. The van der Waals surface area contributed by atoms with Gasteiger partial charge in [0.05, 0.1) is 33.3 Å². The summed E-state index contributed by atoms with van der Waals surface area (Å²) in [6.07, 6.45) is 0. The maximum Gasteiger partial charge on any atom is 0.235 e. The van der Waals surface area contributed by atoms with Gasteiger partial charge in [0.25, 0.3) is 0 Å². The molecular formula is C54H34N4. The number of benzene rings is 9. The fourth-order valence-corrected chi connectivity index (χ4v) is 9.04. The molecule has 4 heteroatoms. The van der Waals surface area contributed by atoms with Crippen molar-refractivity contribution in [2.75, 3.05) is 0 Å². The number of rotatable bonds is 5. The standard InChI is InChI=1S/C54H34N4/c1-2-15-40(16-3-1)57-49-23-10-8-19-44(49)47-33-38(30-32-51(47)57)39-29-31-45-43-18-7-11-24-50(43)58(52(45)34-39)54-55-48-22-9-6-20-46(48)53(56-54)37-27-25-36(26-28-37)42-21-12-14-35-13-4-5-17-41(35)42/h1-34H. The van der Waals surface area contributed by atoms with Crippen molar-refractivity contribution < 1.29 is 0 Å². The van der Waals surface area contributed by atoms with Crippen LogP contribution in [-0.2, 0) is 0 Å². The van der Waals surface area contributed by atoms with Gasteiger partial charge in [-0.05, 0) is 81.6 Å². The Morgan fingerprint density at radius 2 is 0.879 bits per heavy atom. The van der Waals surface area contributed by atoms with Crippen LogP contribution in [0.25, 0.3) is 110 Å². The molecule has 0 atom stereocenters. The number of para-hydroxylation sites is 4. The van der Waals surface area contributed by atoms with E-state index in [2.05, 4.69) is 215 Å². The minimum absolute atomic E-state index is 0.650. The van der Waals surface area contributed by atoms with Crippen molar-refractivity contribution in [2.24, 2.45) is 0 Å². The zero-order valence-electron chi connectivity index (χ0n) is 31.4. The van der Waals surface area contributed by atoms with Gasteiger partial charge in [0.2, 0.25) is 5.95 Å². The highest BCUT2D eigenvalue weighted by atomic mass is 15.2. The minimum Gasteiger partial charge on any atom is -0.309 e. The quantitative estimate of drug-likeness (QED) is 0.176. The van der Waals surface area contributed by atoms with E-state index >= 15 is 0 Å². The van der Waals surface area contributed by atoms with E-state index in [9.17, 15) is 0 Å². The van der Waals surface area contributed by atoms with Crippen molar-refractivity contribution in [3.63, 3.8) is 0 Å². The van der Waals surface area contributed by atoms with Crippen molar-refractivity contribution in [1.29, 1.82) is 0 Å². The van der Waals surface area contributed by atoms with E-state index in [-0.39, 0.29) is 0 Å². The number of nitrogens with zero attached hydrogens (tertiary/aromatic N) is 4. The third kappa shape index (κ3) is 5.02. The van der Waals surface area contributed by atoms with Crippen molar-refractivity contribution in [1.82, 2.24) is 19.1 Å². The summed E-state index contributed by atoms with van der Waals surface area (Å²) in [7, 11) is 0. The average molecular weight is 739 g/mol. The molecule has 0 saturated heterocycles. The molecule has 9 aromatic carbocycles. The van der Waals surface area contributed by atoms with Gasteiger partial charge in [0, 0.05) is 38.2 Å². The first-order chi connectivity index (χ1) is 28.8. The van der Waals surface area contributed by atoms with Crippen LogP contribution in [0.3, 0.4) is 0 Å².